The Morgan fingerprint density at radius 3 is 1.85 bits per heavy atom. The number of phenolic OH excluding ortho intramolecular Hbond substituents is 1. The number of carbonyl (C=O) groups is 8. The first-order valence-electron chi connectivity index (χ1n) is 19.6. The van der Waals surface area contributed by atoms with Crippen LogP contribution in [0.25, 0.3) is 0 Å². The lowest BCUT2D eigenvalue weighted by Gasteiger charge is -2.28. The highest BCUT2D eigenvalue weighted by atomic mass is 16.4. The standard InChI is InChI=1S/C38H60N10O11/c1-21(2)18-29(37(58)59)47-33(54)25(8-4-5-15-39)43-34(55)27(19-23-11-13-24(50)14-12-23)45-32(53)26(9-6-16-42-38(40)41)44-35(56)28(20-31(51)52)46-36(57)30-10-7-17-48(30)22(3)49/h11-14,21,25-30,50H,4-10,15-20,39H2,1-3H3,(H,43,55)(H,44,56)(H,45,53)(H,46,57)(H,47,54)(H,51,52)(H,58,59)(H4,40,41,42)/t25-,26-,27-,28-,29-,30-/m0/s1. The number of hydrogen-bond donors (Lipinski definition) is 11. The molecule has 0 aliphatic carbocycles. The van der Waals surface area contributed by atoms with Gasteiger partial charge in [0.2, 0.25) is 35.4 Å². The number of phenols is 1. The topological polar surface area (TPSA) is 351 Å². The van der Waals surface area contributed by atoms with Gasteiger partial charge in [-0.05, 0) is 81.5 Å². The number of aromatic hydroxyl groups is 1. The van der Waals surface area contributed by atoms with Crippen molar-refractivity contribution in [2.24, 2.45) is 28.1 Å². The van der Waals surface area contributed by atoms with Gasteiger partial charge < -0.3 is 64.0 Å². The van der Waals surface area contributed by atoms with Crippen LogP contribution in [0, 0.1) is 5.92 Å². The van der Waals surface area contributed by atoms with Crippen molar-refractivity contribution in [2.45, 2.75) is 121 Å². The van der Waals surface area contributed by atoms with E-state index in [1.54, 1.807) is 13.8 Å². The number of benzene rings is 1. The first kappa shape index (κ1) is 49.2. The molecule has 1 heterocycles. The molecule has 328 valence electrons. The van der Waals surface area contributed by atoms with Crippen molar-refractivity contribution in [1.82, 2.24) is 31.5 Å². The first-order valence-corrected chi connectivity index (χ1v) is 19.6. The quantitative estimate of drug-likeness (QED) is 0.0293. The molecule has 0 bridgehead atoms. The summed E-state index contributed by atoms with van der Waals surface area (Å²) in [5, 5.41) is 41.8. The second kappa shape index (κ2) is 24.7. The van der Waals surface area contributed by atoms with Crippen LogP contribution in [0.5, 0.6) is 5.75 Å². The van der Waals surface area contributed by atoms with Crippen LogP contribution in [0.2, 0.25) is 0 Å². The molecule has 0 saturated carbocycles. The number of unbranched alkanes of at least 4 members (excludes halogenated alkanes) is 1. The molecule has 1 aliphatic heterocycles. The summed E-state index contributed by atoms with van der Waals surface area (Å²) in [6.45, 7) is 5.48. The summed E-state index contributed by atoms with van der Waals surface area (Å²) in [6.07, 6.45) is 0.813. The van der Waals surface area contributed by atoms with E-state index in [9.17, 15) is 53.7 Å². The molecule has 14 N–H and O–H groups in total. The van der Waals surface area contributed by atoms with Gasteiger partial charge >= 0.3 is 11.9 Å². The van der Waals surface area contributed by atoms with Crippen molar-refractivity contribution in [3.8, 4) is 5.75 Å². The number of carboxylic acids is 2. The highest BCUT2D eigenvalue weighted by molar-refractivity contribution is 5.97. The van der Waals surface area contributed by atoms with Gasteiger partial charge in [0.15, 0.2) is 5.96 Å². The Kier molecular flexibility index (Phi) is 20.6. The molecule has 0 unspecified atom stereocenters. The Bertz CT molecular complexity index is 1650. The van der Waals surface area contributed by atoms with E-state index in [4.69, 9.17) is 17.2 Å². The Labute approximate surface area is 342 Å². The Morgan fingerprint density at radius 1 is 0.780 bits per heavy atom. The molecule has 1 aliphatic rings. The van der Waals surface area contributed by atoms with Crippen LogP contribution in [0.15, 0.2) is 29.3 Å². The molecule has 0 spiro atoms. The van der Waals surface area contributed by atoms with E-state index in [0.717, 1.165) is 0 Å². The zero-order valence-electron chi connectivity index (χ0n) is 33.8. The average molecular weight is 833 g/mol. The molecular weight excluding hydrogens is 772 g/mol. The largest absolute Gasteiger partial charge is 0.508 e. The van der Waals surface area contributed by atoms with Crippen LogP contribution in [0.1, 0.15) is 84.1 Å². The van der Waals surface area contributed by atoms with Gasteiger partial charge in [0, 0.05) is 26.4 Å². The minimum atomic E-state index is -1.67. The maximum atomic E-state index is 14.1. The number of nitrogens with two attached hydrogens (primary N) is 3. The molecule has 1 fully saturated rings. The molecule has 0 aromatic heterocycles. The summed E-state index contributed by atoms with van der Waals surface area (Å²) >= 11 is 0. The van der Waals surface area contributed by atoms with E-state index >= 15 is 0 Å². The molecule has 0 radical (unpaired) electrons. The molecule has 21 heteroatoms. The van der Waals surface area contributed by atoms with Crippen molar-refractivity contribution in [1.29, 1.82) is 0 Å². The minimum Gasteiger partial charge on any atom is -0.508 e. The normalized spacial score (nSPS) is 16.1. The predicted molar refractivity (Wildman–Crippen MR) is 214 cm³/mol. The monoisotopic (exact) mass is 832 g/mol. The maximum Gasteiger partial charge on any atom is 0.326 e. The third-order valence-electron chi connectivity index (χ3n) is 9.46. The number of guanidine groups is 1. The van der Waals surface area contributed by atoms with Gasteiger partial charge in [-0.3, -0.25) is 38.6 Å². The molecule has 59 heavy (non-hydrogen) atoms. The second-order valence-electron chi connectivity index (χ2n) is 14.8. The molecule has 6 atom stereocenters. The van der Waals surface area contributed by atoms with Gasteiger partial charge in [-0.2, -0.15) is 0 Å². The summed E-state index contributed by atoms with van der Waals surface area (Å²) < 4.78 is 0. The number of carboxylic acid groups (broad SMARTS) is 2. The summed E-state index contributed by atoms with van der Waals surface area (Å²) in [5.41, 5.74) is 17.0. The number of likely N-dealkylation sites (tertiary alicyclic amines) is 1. The van der Waals surface area contributed by atoms with Gasteiger partial charge in [-0.1, -0.05) is 26.0 Å². The molecule has 6 amide bonds. The number of aliphatic imine (C=N–C) groups is 1. The van der Waals surface area contributed by atoms with E-state index in [1.807, 2.05) is 0 Å². The van der Waals surface area contributed by atoms with Crippen molar-refractivity contribution in [3.05, 3.63) is 29.8 Å². The van der Waals surface area contributed by atoms with Crippen LogP contribution in [0.4, 0.5) is 0 Å². The smallest absolute Gasteiger partial charge is 0.326 e. The highest BCUT2D eigenvalue weighted by Crippen LogP contribution is 2.18. The Morgan fingerprint density at radius 2 is 1.32 bits per heavy atom. The predicted octanol–water partition coefficient (Wildman–Crippen LogP) is -1.84. The third-order valence-corrected chi connectivity index (χ3v) is 9.46. The number of nitrogens with zero attached hydrogens (tertiary/aromatic N) is 2. The minimum absolute atomic E-state index is 0.0188. The maximum absolute atomic E-state index is 14.1. The molecule has 21 nitrogen and oxygen atoms in total. The SMILES string of the molecule is CC(=O)N1CCC[C@H]1C(=O)N[C@@H](CC(=O)O)C(=O)N[C@@H](CCCN=C(N)N)C(=O)N[C@@H](Cc1ccc(O)cc1)C(=O)N[C@@H](CCCCN)C(=O)N[C@@H](CC(C)C)C(=O)O. The summed E-state index contributed by atoms with van der Waals surface area (Å²) in [5.74, 6) is -7.77. The van der Waals surface area contributed by atoms with Crippen LogP contribution < -0.4 is 43.8 Å². The number of carbonyl (C=O) groups excluding carboxylic acids is 6. The van der Waals surface area contributed by atoms with Gasteiger partial charge in [0.1, 0.15) is 42.0 Å². The molecular formula is C38H60N10O11. The fraction of sp³-hybridized carbons (Fsp3) is 0.605. The zero-order chi connectivity index (χ0) is 44.2. The highest BCUT2D eigenvalue weighted by Gasteiger charge is 2.37. The molecule has 2 rings (SSSR count). The third kappa shape index (κ3) is 17.6. The van der Waals surface area contributed by atoms with Gasteiger partial charge in [-0.15, -0.1) is 0 Å². The molecule has 1 aromatic rings. The Hall–Kier alpha value is -5.99. The Balaban J connectivity index is 2.45. The number of rotatable bonds is 25. The number of nitrogens with one attached hydrogen (secondary N) is 5. The van der Waals surface area contributed by atoms with Crippen LogP contribution in [-0.4, -0.2) is 129 Å². The van der Waals surface area contributed by atoms with Crippen molar-refractivity contribution >= 4 is 53.3 Å². The van der Waals surface area contributed by atoms with E-state index in [1.165, 1.54) is 36.1 Å². The zero-order valence-corrected chi connectivity index (χ0v) is 33.8. The van der Waals surface area contributed by atoms with E-state index in [0.29, 0.717) is 37.8 Å². The lowest BCUT2D eigenvalue weighted by molar-refractivity contribution is -0.143. The average Bonchev–Trinajstić information content (AvgIpc) is 3.66. The summed E-state index contributed by atoms with van der Waals surface area (Å²) in [4.78, 5) is 110. The number of aliphatic carboxylic acids is 2. The van der Waals surface area contributed by atoms with Crippen molar-refractivity contribution in [3.63, 3.8) is 0 Å². The molecule has 1 aromatic carbocycles. The van der Waals surface area contributed by atoms with Crippen molar-refractivity contribution < 1.29 is 53.7 Å². The van der Waals surface area contributed by atoms with E-state index in [-0.39, 0.29) is 68.7 Å². The van der Waals surface area contributed by atoms with Gasteiger partial charge in [0.05, 0.1) is 6.42 Å². The first-order chi connectivity index (χ1) is 27.8. The number of hydrogen-bond acceptors (Lipinski definition) is 11. The lowest BCUT2D eigenvalue weighted by Crippen LogP contribution is -2.60. The second-order valence-corrected chi connectivity index (χ2v) is 14.8. The van der Waals surface area contributed by atoms with Gasteiger partial charge in [-0.25, -0.2) is 4.79 Å². The van der Waals surface area contributed by atoms with Crippen LogP contribution in [-0.2, 0) is 44.8 Å². The summed E-state index contributed by atoms with van der Waals surface area (Å²) in [7, 11) is 0. The fourth-order valence-electron chi connectivity index (χ4n) is 6.46. The lowest BCUT2D eigenvalue weighted by atomic mass is 10.0. The van der Waals surface area contributed by atoms with E-state index < -0.39 is 84.1 Å². The van der Waals surface area contributed by atoms with Gasteiger partial charge in [0.25, 0.3) is 0 Å². The summed E-state index contributed by atoms with van der Waals surface area (Å²) in [6, 6.07) is -2.22. The van der Waals surface area contributed by atoms with Crippen molar-refractivity contribution in [2.75, 3.05) is 19.6 Å². The van der Waals surface area contributed by atoms with Crippen LogP contribution >= 0.6 is 0 Å². The fourth-order valence-corrected chi connectivity index (χ4v) is 6.46. The number of amides is 6. The molecule has 1 saturated heterocycles. The van der Waals surface area contributed by atoms with E-state index in [2.05, 4.69) is 31.6 Å². The van der Waals surface area contributed by atoms with Crippen LogP contribution in [0.3, 0.4) is 0 Å².